The normalized spacial score (nSPS) is 12.4. The SMILES string of the molecule is CC(CCN)CCc1cccc(-c2cc(F)cc(F)c2)c1. The van der Waals surface area contributed by atoms with Crippen molar-refractivity contribution in [3.05, 3.63) is 59.7 Å². The highest BCUT2D eigenvalue weighted by atomic mass is 19.1. The highest BCUT2D eigenvalue weighted by Crippen LogP contribution is 2.23. The van der Waals surface area contributed by atoms with Gasteiger partial charge in [-0.25, -0.2) is 8.78 Å². The van der Waals surface area contributed by atoms with E-state index in [2.05, 4.69) is 6.92 Å². The minimum Gasteiger partial charge on any atom is -0.330 e. The number of hydrogen-bond acceptors (Lipinski definition) is 1. The number of nitrogens with two attached hydrogens (primary N) is 1. The molecule has 0 aliphatic carbocycles. The zero-order chi connectivity index (χ0) is 15.2. The summed E-state index contributed by atoms with van der Waals surface area (Å²) < 4.78 is 26.6. The molecule has 0 bridgehead atoms. The lowest BCUT2D eigenvalue weighted by Gasteiger charge is -2.10. The Morgan fingerprint density at radius 2 is 1.67 bits per heavy atom. The van der Waals surface area contributed by atoms with Crippen molar-refractivity contribution >= 4 is 0 Å². The van der Waals surface area contributed by atoms with E-state index in [9.17, 15) is 8.78 Å². The van der Waals surface area contributed by atoms with Crippen LogP contribution in [0.15, 0.2) is 42.5 Å². The predicted molar refractivity (Wildman–Crippen MR) is 83.0 cm³/mol. The summed E-state index contributed by atoms with van der Waals surface area (Å²) in [5.74, 6) is -0.510. The van der Waals surface area contributed by atoms with Crippen LogP contribution in [-0.4, -0.2) is 6.54 Å². The Bertz CT molecular complexity index is 575. The van der Waals surface area contributed by atoms with Crippen LogP contribution in [0.1, 0.15) is 25.3 Å². The first-order chi connectivity index (χ1) is 10.1. The lowest BCUT2D eigenvalue weighted by molar-refractivity contribution is 0.500. The summed E-state index contributed by atoms with van der Waals surface area (Å²) in [7, 11) is 0. The van der Waals surface area contributed by atoms with Crippen molar-refractivity contribution in [1.29, 1.82) is 0 Å². The lowest BCUT2D eigenvalue weighted by atomic mass is 9.96. The van der Waals surface area contributed by atoms with Crippen molar-refractivity contribution in [1.82, 2.24) is 0 Å². The molecule has 1 atom stereocenters. The molecule has 0 spiro atoms. The van der Waals surface area contributed by atoms with Crippen molar-refractivity contribution in [3.8, 4) is 11.1 Å². The molecule has 2 aromatic rings. The molecule has 21 heavy (non-hydrogen) atoms. The van der Waals surface area contributed by atoms with Gasteiger partial charge in [-0.15, -0.1) is 0 Å². The quantitative estimate of drug-likeness (QED) is 0.829. The summed E-state index contributed by atoms with van der Waals surface area (Å²) in [6.45, 7) is 2.91. The number of aryl methyl sites for hydroxylation is 1. The van der Waals surface area contributed by atoms with E-state index in [1.165, 1.54) is 17.7 Å². The molecule has 0 aliphatic rings. The van der Waals surface area contributed by atoms with Crippen molar-refractivity contribution in [3.63, 3.8) is 0 Å². The van der Waals surface area contributed by atoms with Gasteiger partial charge in [-0.05, 0) is 60.5 Å². The van der Waals surface area contributed by atoms with Crippen LogP contribution >= 0.6 is 0 Å². The molecule has 2 rings (SSSR count). The molecule has 0 saturated carbocycles. The molecule has 0 radical (unpaired) electrons. The fourth-order valence-electron chi connectivity index (χ4n) is 2.47. The molecular formula is C18H21F2N. The Morgan fingerprint density at radius 3 is 2.33 bits per heavy atom. The van der Waals surface area contributed by atoms with E-state index < -0.39 is 11.6 Å². The van der Waals surface area contributed by atoms with Crippen LogP contribution in [-0.2, 0) is 6.42 Å². The van der Waals surface area contributed by atoms with Crippen LogP contribution in [0, 0.1) is 17.6 Å². The minimum atomic E-state index is -0.549. The van der Waals surface area contributed by atoms with E-state index in [0.29, 0.717) is 18.0 Å². The lowest BCUT2D eigenvalue weighted by Crippen LogP contribution is -2.06. The Labute approximate surface area is 124 Å². The average molecular weight is 289 g/mol. The fourth-order valence-corrected chi connectivity index (χ4v) is 2.47. The number of rotatable bonds is 6. The molecule has 112 valence electrons. The molecule has 1 nitrogen and oxygen atoms in total. The average Bonchev–Trinajstić information content (AvgIpc) is 2.45. The van der Waals surface area contributed by atoms with Gasteiger partial charge in [0.05, 0.1) is 0 Å². The van der Waals surface area contributed by atoms with Gasteiger partial charge in [0.25, 0.3) is 0 Å². The van der Waals surface area contributed by atoms with Crippen LogP contribution in [0.25, 0.3) is 11.1 Å². The summed E-state index contributed by atoms with van der Waals surface area (Å²) >= 11 is 0. The van der Waals surface area contributed by atoms with E-state index in [0.717, 1.165) is 30.9 Å². The van der Waals surface area contributed by atoms with Crippen molar-refractivity contribution in [2.75, 3.05) is 6.54 Å². The third-order valence-electron chi connectivity index (χ3n) is 3.71. The highest BCUT2D eigenvalue weighted by Gasteiger charge is 2.06. The maximum Gasteiger partial charge on any atom is 0.126 e. The fraction of sp³-hybridized carbons (Fsp3) is 0.333. The van der Waals surface area contributed by atoms with Gasteiger partial charge >= 0.3 is 0 Å². The summed E-state index contributed by atoms with van der Waals surface area (Å²) in [5.41, 5.74) is 8.16. The number of halogens is 2. The van der Waals surface area contributed by atoms with E-state index >= 15 is 0 Å². The van der Waals surface area contributed by atoms with Crippen molar-refractivity contribution in [2.24, 2.45) is 11.7 Å². The molecule has 0 fully saturated rings. The van der Waals surface area contributed by atoms with Gasteiger partial charge in [-0.1, -0.05) is 31.2 Å². The van der Waals surface area contributed by atoms with E-state index in [1.54, 1.807) is 0 Å². The van der Waals surface area contributed by atoms with E-state index in [4.69, 9.17) is 5.73 Å². The molecule has 3 heteroatoms. The van der Waals surface area contributed by atoms with Crippen LogP contribution in [0.3, 0.4) is 0 Å². The molecule has 1 unspecified atom stereocenters. The molecule has 0 heterocycles. The second-order valence-electron chi connectivity index (χ2n) is 5.58. The molecule has 0 aliphatic heterocycles. The molecule has 2 aromatic carbocycles. The zero-order valence-electron chi connectivity index (χ0n) is 12.3. The molecule has 0 aromatic heterocycles. The highest BCUT2D eigenvalue weighted by molar-refractivity contribution is 5.64. The largest absolute Gasteiger partial charge is 0.330 e. The monoisotopic (exact) mass is 289 g/mol. The molecular weight excluding hydrogens is 268 g/mol. The third-order valence-corrected chi connectivity index (χ3v) is 3.71. The second-order valence-corrected chi connectivity index (χ2v) is 5.58. The van der Waals surface area contributed by atoms with Gasteiger partial charge in [0.15, 0.2) is 0 Å². The van der Waals surface area contributed by atoms with Crippen LogP contribution in [0.2, 0.25) is 0 Å². The smallest absolute Gasteiger partial charge is 0.126 e. The van der Waals surface area contributed by atoms with Crippen LogP contribution in [0.5, 0.6) is 0 Å². The van der Waals surface area contributed by atoms with Gasteiger partial charge in [-0.2, -0.15) is 0 Å². The zero-order valence-corrected chi connectivity index (χ0v) is 12.3. The Kier molecular flexibility index (Phi) is 5.45. The van der Waals surface area contributed by atoms with Gasteiger partial charge in [0.2, 0.25) is 0 Å². The van der Waals surface area contributed by atoms with E-state index in [-0.39, 0.29) is 0 Å². The van der Waals surface area contributed by atoms with E-state index in [1.807, 2.05) is 24.3 Å². The summed E-state index contributed by atoms with van der Waals surface area (Å²) in [6, 6.07) is 11.5. The predicted octanol–water partition coefficient (Wildman–Crippen LogP) is 4.55. The second kappa shape index (κ2) is 7.32. The third kappa shape index (κ3) is 4.64. The Hall–Kier alpha value is -1.74. The summed E-state index contributed by atoms with van der Waals surface area (Å²) in [6.07, 6.45) is 3.04. The summed E-state index contributed by atoms with van der Waals surface area (Å²) in [4.78, 5) is 0. The Morgan fingerprint density at radius 1 is 0.952 bits per heavy atom. The number of hydrogen-bond donors (Lipinski definition) is 1. The van der Waals surface area contributed by atoms with Crippen molar-refractivity contribution < 1.29 is 8.78 Å². The summed E-state index contributed by atoms with van der Waals surface area (Å²) in [5, 5.41) is 0. The number of benzene rings is 2. The minimum absolute atomic E-state index is 0.549. The topological polar surface area (TPSA) is 26.0 Å². The maximum absolute atomic E-state index is 13.3. The molecule has 0 amide bonds. The Balaban J connectivity index is 2.13. The van der Waals surface area contributed by atoms with Crippen LogP contribution in [0.4, 0.5) is 8.78 Å². The molecule has 2 N–H and O–H groups in total. The first kappa shape index (κ1) is 15.6. The molecule has 0 saturated heterocycles. The first-order valence-electron chi connectivity index (χ1n) is 7.34. The first-order valence-corrected chi connectivity index (χ1v) is 7.34. The van der Waals surface area contributed by atoms with Crippen molar-refractivity contribution in [2.45, 2.75) is 26.2 Å². The van der Waals surface area contributed by atoms with Gasteiger partial charge in [0, 0.05) is 6.07 Å². The maximum atomic E-state index is 13.3. The standard InChI is InChI=1S/C18H21F2N/c1-13(7-8-21)5-6-14-3-2-4-15(9-14)16-10-17(19)12-18(20)11-16/h2-4,9-13H,5-8,21H2,1H3. The van der Waals surface area contributed by atoms with Gasteiger partial charge in [0.1, 0.15) is 11.6 Å². The van der Waals surface area contributed by atoms with Gasteiger partial charge < -0.3 is 5.73 Å². The van der Waals surface area contributed by atoms with Crippen LogP contribution < -0.4 is 5.73 Å². The van der Waals surface area contributed by atoms with Gasteiger partial charge in [-0.3, -0.25) is 0 Å².